The molecule has 0 bridgehead atoms. The van der Waals surface area contributed by atoms with Gasteiger partial charge >= 0.3 is 0 Å². The van der Waals surface area contributed by atoms with Crippen molar-refractivity contribution < 1.29 is 0 Å². The second-order valence-corrected chi connectivity index (χ2v) is 5.10. The molecule has 1 atom stereocenters. The van der Waals surface area contributed by atoms with Gasteiger partial charge in [0, 0.05) is 38.9 Å². The number of anilines is 1. The maximum absolute atomic E-state index is 4.51. The van der Waals surface area contributed by atoms with Crippen molar-refractivity contribution in [2.75, 3.05) is 38.6 Å². The predicted molar refractivity (Wildman–Crippen MR) is 83.2 cm³/mol. The smallest absolute Gasteiger partial charge is 0.128 e. The van der Waals surface area contributed by atoms with Crippen LogP contribution in [-0.2, 0) is 6.54 Å². The lowest BCUT2D eigenvalue weighted by molar-refractivity contribution is 0.248. The second-order valence-electron chi connectivity index (χ2n) is 5.10. The first-order valence-electron chi connectivity index (χ1n) is 6.77. The van der Waals surface area contributed by atoms with E-state index >= 15 is 0 Å². The summed E-state index contributed by atoms with van der Waals surface area (Å²) in [6.07, 6.45) is 3.25. The molecular weight excluding hydrogens is 260 g/mol. The van der Waals surface area contributed by atoms with Crippen LogP contribution < -0.4 is 10.2 Å². The normalized spacial score (nSPS) is 18.4. The summed E-state index contributed by atoms with van der Waals surface area (Å²) in [5.41, 5.74) is 1.29. The lowest BCUT2D eigenvalue weighted by Crippen LogP contribution is -2.32. The van der Waals surface area contributed by atoms with Crippen molar-refractivity contribution >= 4 is 18.2 Å². The van der Waals surface area contributed by atoms with Crippen molar-refractivity contribution in [1.29, 1.82) is 0 Å². The molecule has 4 nitrogen and oxygen atoms in total. The van der Waals surface area contributed by atoms with Crippen LogP contribution in [0.5, 0.6) is 0 Å². The number of hydrogen-bond acceptors (Lipinski definition) is 4. The van der Waals surface area contributed by atoms with E-state index in [1.165, 1.54) is 12.0 Å². The van der Waals surface area contributed by atoms with E-state index in [0.29, 0.717) is 6.04 Å². The number of rotatable bonds is 5. The van der Waals surface area contributed by atoms with Crippen molar-refractivity contribution in [3.05, 3.63) is 23.9 Å². The highest BCUT2D eigenvalue weighted by atomic mass is 35.5. The Morgan fingerprint density at radius 2 is 2.16 bits per heavy atom. The van der Waals surface area contributed by atoms with Gasteiger partial charge in [0.1, 0.15) is 5.82 Å². The average molecular weight is 285 g/mol. The summed E-state index contributed by atoms with van der Waals surface area (Å²) in [7, 11) is 4.27. The molecule has 0 aromatic carbocycles. The first-order chi connectivity index (χ1) is 8.70. The summed E-state index contributed by atoms with van der Waals surface area (Å²) < 4.78 is 0. The molecule has 1 fully saturated rings. The maximum Gasteiger partial charge on any atom is 0.128 e. The molecule has 1 saturated heterocycles. The predicted octanol–water partition coefficient (Wildman–Crippen LogP) is 1.75. The molecule has 1 N–H and O–H groups in total. The maximum atomic E-state index is 4.51. The fraction of sp³-hybridized carbons (Fsp3) is 0.643. The number of likely N-dealkylation sites (N-methyl/N-ethyl adjacent to an activating group) is 1. The van der Waals surface area contributed by atoms with E-state index in [0.717, 1.165) is 32.0 Å². The molecule has 0 spiro atoms. The number of aromatic nitrogens is 1. The summed E-state index contributed by atoms with van der Waals surface area (Å²) >= 11 is 0. The highest BCUT2D eigenvalue weighted by Crippen LogP contribution is 2.13. The van der Waals surface area contributed by atoms with Crippen molar-refractivity contribution in [3.8, 4) is 0 Å². The molecule has 0 amide bonds. The van der Waals surface area contributed by atoms with Crippen molar-refractivity contribution in [2.24, 2.45) is 0 Å². The molecule has 0 aliphatic carbocycles. The van der Waals surface area contributed by atoms with E-state index in [-0.39, 0.29) is 12.4 Å². The zero-order chi connectivity index (χ0) is 13.0. The quantitative estimate of drug-likeness (QED) is 0.893. The van der Waals surface area contributed by atoms with Crippen LogP contribution in [0.25, 0.3) is 0 Å². The van der Waals surface area contributed by atoms with Crippen molar-refractivity contribution in [3.63, 3.8) is 0 Å². The lowest BCUT2D eigenvalue weighted by Gasteiger charge is -2.23. The zero-order valence-electron chi connectivity index (χ0n) is 12.1. The molecule has 1 aliphatic rings. The average Bonchev–Trinajstić information content (AvgIpc) is 2.92. The molecule has 5 heteroatoms. The Morgan fingerprint density at radius 1 is 1.37 bits per heavy atom. The number of nitrogens with zero attached hydrogens (tertiary/aromatic N) is 3. The van der Waals surface area contributed by atoms with E-state index < -0.39 is 0 Å². The Balaban J connectivity index is 0.00000180. The summed E-state index contributed by atoms with van der Waals surface area (Å²) in [4.78, 5) is 9.08. The second kappa shape index (κ2) is 7.68. The first-order valence-corrected chi connectivity index (χ1v) is 6.77. The van der Waals surface area contributed by atoms with E-state index in [2.05, 4.69) is 53.3 Å². The summed E-state index contributed by atoms with van der Waals surface area (Å²) in [5, 5.41) is 3.41. The van der Waals surface area contributed by atoms with Crippen LogP contribution in [0, 0.1) is 0 Å². The minimum atomic E-state index is 0. The molecular formula is C14H25ClN4. The van der Waals surface area contributed by atoms with Crippen LogP contribution >= 0.6 is 12.4 Å². The number of nitrogens with one attached hydrogen (secondary N) is 1. The summed E-state index contributed by atoms with van der Waals surface area (Å²) in [6, 6.07) is 4.97. The lowest BCUT2D eigenvalue weighted by atomic mass is 10.2. The molecule has 0 saturated carbocycles. The van der Waals surface area contributed by atoms with Crippen LogP contribution in [0.2, 0.25) is 0 Å². The summed E-state index contributed by atoms with van der Waals surface area (Å²) in [6.45, 7) is 6.36. The summed E-state index contributed by atoms with van der Waals surface area (Å²) in [5.74, 6) is 1.05. The number of hydrogen-bond donors (Lipinski definition) is 1. The Kier molecular flexibility index (Phi) is 6.55. The van der Waals surface area contributed by atoms with Crippen LogP contribution in [0.15, 0.2) is 18.3 Å². The third-order valence-corrected chi connectivity index (χ3v) is 3.76. The Hall–Kier alpha value is -0.840. The molecule has 1 unspecified atom stereocenters. The Bertz CT molecular complexity index is 362. The van der Waals surface area contributed by atoms with Crippen LogP contribution in [-0.4, -0.2) is 49.7 Å². The first kappa shape index (κ1) is 16.2. The van der Waals surface area contributed by atoms with Gasteiger partial charge in [0.2, 0.25) is 0 Å². The number of halogens is 1. The standard InChI is InChI=1S/C14H24N4.ClH/c1-4-17(2)14-6-5-12(9-16-14)11-18(3)13-7-8-15-10-13;/h5-6,9,13,15H,4,7-8,10-11H2,1-3H3;1H. The SMILES string of the molecule is CCN(C)c1ccc(CN(C)C2CCNC2)cn1.Cl. The van der Waals surface area contributed by atoms with Gasteiger partial charge in [-0.05, 0) is 38.6 Å². The molecule has 1 aromatic rings. The van der Waals surface area contributed by atoms with Gasteiger partial charge in [0.15, 0.2) is 0 Å². The molecule has 1 aliphatic heterocycles. The highest BCUT2D eigenvalue weighted by molar-refractivity contribution is 5.85. The van der Waals surface area contributed by atoms with Gasteiger partial charge in [-0.3, -0.25) is 4.90 Å². The van der Waals surface area contributed by atoms with Crippen LogP contribution in [0.4, 0.5) is 5.82 Å². The van der Waals surface area contributed by atoms with Gasteiger partial charge in [0.25, 0.3) is 0 Å². The van der Waals surface area contributed by atoms with E-state index in [1.54, 1.807) is 0 Å². The van der Waals surface area contributed by atoms with Gasteiger partial charge < -0.3 is 10.2 Å². The third-order valence-electron chi connectivity index (χ3n) is 3.76. The van der Waals surface area contributed by atoms with Gasteiger partial charge in [-0.1, -0.05) is 6.07 Å². The van der Waals surface area contributed by atoms with Crippen molar-refractivity contribution in [1.82, 2.24) is 15.2 Å². The van der Waals surface area contributed by atoms with Gasteiger partial charge in [-0.2, -0.15) is 0 Å². The zero-order valence-corrected chi connectivity index (χ0v) is 12.9. The molecule has 1 aromatic heterocycles. The van der Waals surface area contributed by atoms with Gasteiger partial charge in [-0.25, -0.2) is 4.98 Å². The molecule has 2 heterocycles. The Labute approximate surface area is 122 Å². The van der Waals surface area contributed by atoms with Gasteiger partial charge in [-0.15, -0.1) is 12.4 Å². The van der Waals surface area contributed by atoms with E-state index in [4.69, 9.17) is 0 Å². The minimum absolute atomic E-state index is 0. The highest BCUT2D eigenvalue weighted by Gasteiger charge is 2.18. The minimum Gasteiger partial charge on any atom is -0.360 e. The van der Waals surface area contributed by atoms with E-state index in [1.807, 2.05) is 6.20 Å². The molecule has 0 radical (unpaired) electrons. The van der Waals surface area contributed by atoms with Gasteiger partial charge in [0.05, 0.1) is 0 Å². The fourth-order valence-electron chi connectivity index (χ4n) is 2.33. The van der Waals surface area contributed by atoms with Crippen LogP contribution in [0.1, 0.15) is 18.9 Å². The molecule has 2 rings (SSSR count). The third kappa shape index (κ3) is 4.34. The van der Waals surface area contributed by atoms with Crippen LogP contribution in [0.3, 0.4) is 0 Å². The van der Waals surface area contributed by atoms with Crippen molar-refractivity contribution in [2.45, 2.75) is 25.9 Å². The Morgan fingerprint density at radius 3 is 2.68 bits per heavy atom. The van der Waals surface area contributed by atoms with E-state index in [9.17, 15) is 0 Å². The number of pyridine rings is 1. The monoisotopic (exact) mass is 284 g/mol. The fourth-order valence-corrected chi connectivity index (χ4v) is 2.33. The molecule has 108 valence electrons. The largest absolute Gasteiger partial charge is 0.360 e. The topological polar surface area (TPSA) is 31.4 Å². The molecule has 19 heavy (non-hydrogen) atoms.